The number of nitrogens with one attached hydrogen (secondary N) is 1. The lowest BCUT2D eigenvalue weighted by Gasteiger charge is -2.08. The molecule has 1 aromatic heterocycles. The van der Waals surface area contributed by atoms with E-state index in [0.717, 1.165) is 11.8 Å². The van der Waals surface area contributed by atoms with Crippen LogP contribution in [0.5, 0.6) is 0 Å². The van der Waals surface area contributed by atoms with E-state index in [9.17, 15) is 14.4 Å². The first kappa shape index (κ1) is 18.3. The fourth-order valence-electron chi connectivity index (χ4n) is 2.16. The van der Waals surface area contributed by atoms with Crippen LogP contribution in [0.1, 0.15) is 19.4 Å². The Kier molecular flexibility index (Phi) is 5.94. The summed E-state index contributed by atoms with van der Waals surface area (Å²) in [5.41, 5.74) is 0.440. The van der Waals surface area contributed by atoms with Gasteiger partial charge in [-0.2, -0.15) is 0 Å². The molecule has 0 amide bonds. The van der Waals surface area contributed by atoms with Crippen molar-refractivity contribution in [3.63, 3.8) is 0 Å². The number of carbonyl (C=O) groups is 2. The lowest BCUT2D eigenvalue weighted by atomic mass is 10.1. The second kappa shape index (κ2) is 8.14. The maximum Gasteiger partial charge on any atom is 0.360 e. The number of hydrogen-bond acceptors (Lipinski definition) is 7. The van der Waals surface area contributed by atoms with E-state index in [1.807, 2.05) is 19.1 Å². The molecule has 0 aliphatic heterocycles. The number of benzene rings is 1. The van der Waals surface area contributed by atoms with Crippen LogP contribution in [0.15, 0.2) is 45.3 Å². The minimum atomic E-state index is -0.838. The Bertz CT molecular complexity index is 861. The van der Waals surface area contributed by atoms with Gasteiger partial charge in [-0.1, -0.05) is 18.2 Å². The summed E-state index contributed by atoms with van der Waals surface area (Å²) in [4.78, 5) is 35.9. The molecule has 2 rings (SSSR count). The number of hydrogen-bond donors (Lipinski definition) is 1. The number of aryl methyl sites for hydroxylation is 1. The van der Waals surface area contributed by atoms with E-state index in [0.29, 0.717) is 11.0 Å². The second-order valence-corrected chi connectivity index (χ2v) is 5.08. The van der Waals surface area contributed by atoms with Crippen molar-refractivity contribution >= 4 is 28.6 Å². The molecule has 7 nitrogen and oxygen atoms in total. The molecule has 1 heterocycles. The highest BCUT2D eigenvalue weighted by Gasteiger charge is 2.21. The van der Waals surface area contributed by atoms with Crippen LogP contribution < -0.4 is 10.9 Å². The molecule has 0 aliphatic rings. The molecule has 0 spiro atoms. The molecule has 132 valence electrons. The van der Waals surface area contributed by atoms with E-state index in [-0.39, 0.29) is 24.5 Å². The number of rotatable bonds is 6. The lowest BCUT2D eigenvalue weighted by Crippen LogP contribution is -2.20. The largest absolute Gasteiger partial charge is 0.462 e. The van der Waals surface area contributed by atoms with Gasteiger partial charge >= 0.3 is 17.6 Å². The maximum absolute atomic E-state index is 12.1. The number of fused-ring (bicyclic) bond motifs is 1. The summed E-state index contributed by atoms with van der Waals surface area (Å²) in [5.74, 6) is -1.68. The highest BCUT2D eigenvalue weighted by atomic mass is 16.6. The average molecular weight is 345 g/mol. The molecule has 0 bridgehead atoms. The molecule has 0 unspecified atom stereocenters. The number of esters is 2. The quantitative estimate of drug-likeness (QED) is 0.283. The molecule has 0 atom stereocenters. The van der Waals surface area contributed by atoms with E-state index in [4.69, 9.17) is 13.9 Å². The summed E-state index contributed by atoms with van der Waals surface area (Å²) >= 11 is 0. The number of ether oxygens (including phenoxy) is 2. The third kappa shape index (κ3) is 4.26. The minimum Gasteiger partial charge on any atom is -0.462 e. The molecule has 25 heavy (non-hydrogen) atoms. The van der Waals surface area contributed by atoms with Gasteiger partial charge in [0.25, 0.3) is 0 Å². The van der Waals surface area contributed by atoms with Crippen molar-refractivity contribution in [1.82, 2.24) is 0 Å². The Morgan fingerprint density at radius 1 is 1.16 bits per heavy atom. The number of carbonyl (C=O) groups excluding carboxylic acids is 2. The summed E-state index contributed by atoms with van der Waals surface area (Å²) in [5, 5.41) is 3.35. The van der Waals surface area contributed by atoms with Crippen LogP contribution in [0.4, 0.5) is 5.69 Å². The lowest BCUT2D eigenvalue weighted by molar-refractivity contribution is -0.146. The number of anilines is 1. The van der Waals surface area contributed by atoms with Crippen molar-refractivity contribution in [1.29, 1.82) is 0 Å². The van der Waals surface area contributed by atoms with Gasteiger partial charge in [0.15, 0.2) is 5.57 Å². The summed E-state index contributed by atoms with van der Waals surface area (Å²) in [6.45, 7) is 5.28. The van der Waals surface area contributed by atoms with Crippen molar-refractivity contribution in [2.75, 3.05) is 18.5 Å². The minimum absolute atomic E-state index is 0.0872. The van der Waals surface area contributed by atoms with Gasteiger partial charge in [-0.15, -0.1) is 0 Å². The van der Waals surface area contributed by atoms with Gasteiger partial charge in [-0.3, -0.25) is 0 Å². The van der Waals surface area contributed by atoms with E-state index in [1.165, 1.54) is 0 Å². The van der Waals surface area contributed by atoms with Crippen molar-refractivity contribution < 1.29 is 23.5 Å². The molecule has 7 heteroatoms. The summed E-state index contributed by atoms with van der Waals surface area (Å²) in [6, 6.07) is 7.04. The van der Waals surface area contributed by atoms with Crippen LogP contribution in [0.3, 0.4) is 0 Å². The zero-order valence-electron chi connectivity index (χ0n) is 14.3. The Morgan fingerprint density at radius 2 is 1.80 bits per heavy atom. The Balaban J connectivity index is 2.38. The first-order valence-corrected chi connectivity index (χ1v) is 7.82. The van der Waals surface area contributed by atoms with Crippen LogP contribution in [0.2, 0.25) is 0 Å². The smallest absolute Gasteiger partial charge is 0.360 e. The van der Waals surface area contributed by atoms with E-state index < -0.39 is 17.6 Å². The molecule has 1 aromatic carbocycles. The van der Waals surface area contributed by atoms with Crippen LogP contribution in [-0.4, -0.2) is 25.2 Å². The standard InChI is InChI=1S/C18H19NO6/c1-4-23-16(20)13(17(21)24-5-2)10-19-14-9-12-8-6-7-11(3)15(12)25-18(14)22/h6-10,19H,4-5H2,1-3H3. The first-order chi connectivity index (χ1) is 12.0. The van der Waals surface area contributed by atoms with Crippen molar-refractivity contribution in [2.45, 2.75) is 20.8 Å². The fourth-order valence-corrected chi connectivity index (χ4v) is 2.16. The monoisotopic (exact) mass is 345 g/mol. The van der Waals surface area contributed by atoms with Gasteiger partial charge in [0, 0.05) is 11.6 Å². The zero-order chi connectivity index (χ0) is 18.4. The molecule has 0 radical (unpaired) electrons. The topological polar surface area (TPSA) is 94.8 Å². The molecular formula is C18H19NO6. The Morgan fingerprint density at radius 3 is 2.40 bits per heavy atom. The Hall–Kier alpha value is -3.09. The first-order valence-electron chi connectivity index (χ1n) is 7.82. The Labute approximate surface area is 144 Å². The predicted octanol–water partition coefficient (Wildman–Crippen LogP) is 2.52. The second-order valence-electron chi connectivity index (χ2n) is 5.08. The highest BCUT2D eigenvalue weighted by Crippen LogP contribution is 2.19. The highest BCUT2D eigenvalue weighted by molar-refractivity contribution is 6.14. The van der Waals surface area contributed by atoms with E-state index in [2.05, 4.69) is 5.32 Å². The normalized spacial score (nSPS) is 10.2. The predicted molar refractivity (Wildman–Crippen MR) is 92.2 cm³/mol. The molecule has 1 N–H and O–H groups in total. The van der Waals surface area contributed by atoms with Crippen molar-refractivity contribution in [3.05, 3.63) is 52.0 Å². The van der Waals surface area contributed by atoms with Crippen molar-refractivity contribution in [3.8, 4) is 0 Å². The summed E-state index contributed by atoms with van der Waals surface area (Å²) in [6.07, 6.45) is 1.09. The maximum atomic E-state index is 12.1. The van der Waals surface area contributed by atoms with Crippen LogP contribution in [0, 0.1) is 6.92 Å². The average Bonchev–Trinajstić information content (AvgIpc) is 2.57. The fraction of sp³-hybridized carbons (Fsp3) is 0.278. The SMILES string of the molecule is CCOC(=O)C(=CNc1cc2cccc(C)c2oc1=O)C(=O)OCC. The molecule has 0 aliphatic carbocycles. The molecule has 0 saturated heterocycles. The summed E-state index contributed by atoms with van der Waals surface area (Å²) in [7, 11) is 0. The van der Waals surface area contributed by atoms with Crippen molar-refractivity contribution in [2.24, 2.45) is 0 Å². The van der Waals surface area contributed by atoms with Gasteiger partial charge in [-0.05, 0) is 32.4 Å². The van der Waals surface area contributed by atoms with E-state index >= 15 is 0 Å². The molecule has 2 aromatic rings. The van der Waals surface area contributed by atoms with Gasteiger partial charge in [0.05, 0.1) is 13.2 Å². The summed E-state index contributed by atoms with van der Waals surface area (Å²) < 4.78 is 14.9. The van der Waals surface area contributed by atoms with Gasteiger partial charge in [-0.25, -0.2) is 14.4 Å². The van der Waals surface area contributed by atoms with Crippen LogP contribution >= 0.6 is 0 Å². The third-order valence-electron chi connectivity index (χ3n) is 3.32. The van der Waals surface area contributed by atoms with Gasteiger partial charge in [0.2, 0.25) is 0 Å². The molecular weight excluding hydrogens is 326 g/mol. The third-order valence-corrected chi connectivity index (χ3v) is 3.32. The molecule has 0 fully saturated rings. The number of para-hydroxylation sites is 1. The zero-order valence-corrected chi connectivity index (χ0v) is 14.3. The van der Waals surface area contributed by atoms with Gasteiger partial charge in [0.1, 0.15) is 11.3 Å². The van der Waals surface area contributed by atoms with Gasteiger partial charge < -0.3 is 19.2 Å². The van der Waals surface area contributed by atoms with E-state index in [1.54, 1.807) is 26.0 Å². The van der Waals surface area contributed by atoms with Crippen LogP contribution in [-0.2, 0) is 19.1 Å². The molecule has 0 saturated carbocycles. The van der Waals surface area contributed by atoms with Crippen LogP contribution in [0.25, 0.3) is 11.0 Å².